The van der Waals surface area contributed by atoms with Crippen LogP contribution in [0.5, 0.6) is 0 Å². The van der Waals surface area contributed by atoms with Crippen molar-refractivity contribution >= 4 is 11.8 Å². The van der Waals surface area contributed by atoms with Crippen molar-refractivity contribution in [3.8, 4) is 0 Å². The highest BCUT2D eigenvalue weighted by Crippen LogP contribution is 2.69. The second kappa shape index (κ2) is 3.46. The molecular weight excluding hydrogens is 280 g/mol. The van der Waals surface area contributed by atoms with Crippen LogP contribution < -0.4 is 0 Å². The number of rotatable bonds is 0. The SMILES string of the molecule is Cc1ccc2c3c1C[C@@H]1C4CC(C)C(CC2=O)(C(=O)O4)C31O. The van der Waals surface area contributed by atoms with Crippen molar-refractivity contribution < 1.29 is 19.4 Å². The summed E-state index contributed by atoms with van der Waals surface area (Å²) in [5.74, 6) is -0.554. The second-order valence-electron chi connectivity index (χ2n) is 7.51. The van der Waals surface area contributed by atoms with Crippen molar-refractivity contribution in [1.82, 2.24) is 0 Å². The predicted octanol–water partition coefficient (Wildman–Crippen LogP) is 1.89. The van der Waals surface area contributed by atoms with Gasteiger partial charge in [0.1, 0.15) is 17.1 Å². The third kappa shape index (κ3) is 1.02. The lowest BCUT2D eigenvalue weighted by Gasteiger charge is -2.61. The Kier molecular flexibility index (Phi) is 2.01. The van der Waals surface area contributed by atoms with Crippen LogP contribution in [0.25, 0.3) is 0 Å². The van der Waals surface area contributed by atoms with Crippen LogP contribution in [0.1, 0.15) is 46.8 Å². The van der Waals surface area contributed by atoms with E-state index in [0.29, 0.717) is 12.0 Å². The van der Waals surface area contributed by atoms with Gasteiger partial charge in [-0.25, -0.2) is 0 Å². The fourth-order valence-corrected chi connectivity index (χ4v) is 5.74. The molecule has 4 nitrogen and oxygen atoms in total. The predicted molar refractivity (Wildman–Crippen MR) is 77.3 cm³/mol. The number of carbonyl (C=O) groups excluding carboxylic acids is 2. The molecule has 1 N–H and O–H groups in total. The molecule has 2 bridgehead atoms. The first-order chi connectivity index (χ1) is 10.4. The summed E-state index contributed by atoms with van der Waals surface area (Å²) in [4.78, 5) is 25.4. The summed E-state index contributed by atoms with van der Waals surface area (Å²) in [5, 5.41) is 11.8. The van der Waals surface area contributed by atoms with E-state index in [2.05, 4.69) is 0 Å². The summed E-state index contributed by atoms with van der Waals surface area (Å²) in [6.45, 7) is 3.99. The van der Waals surface area contributed by atoms with Crippen molar-refractivity contribution in [2.24, 2.45) is 17.3 Å². The first-order valence-corrected chi connectivity index (χ1v) is 8.01. The summed E-state index contributed by atoms with van der Waals surface area (Å²) in [6, 6.07) is 3.78. The maximum atomic E-state index is 12.7. The molecule has 1 aromatic rings. The molecule has 1 aromatic carbocycles. The number of aliphatic hydroxyl groups is 1. The fourth-order valence-electron chi connectivity index (χ4n) is 5.74. The number of fused-ring (bicyclic) bond motifs is 2. The van der Waals surface area contributed by atoms with Crippen LogP contribution in [-0.2, 0) is 21.6 Å². The highest BCUT2D eigenvalue weighted by atomic mass is 16.6. The molecule has 0 radical (unpaired) electrons. The second-order valence-corrected chi connectivity index (χ2v) is 7.51. The molecule has 4 heteroatoms. The zero-order valence-corrected chi connectivity index (χ0v) is 12.7. The maximum Gasteiger partial charge on any atom is 0.316 e. The normalized spacial score (nSPS) is 44.0. The summed E-state index contributed by atoms with van der Waals surface area (Å²) in [6.07, 6.45) is 1.28. The number of ketones is 1. The lowest BCUT2D eigenvalue weighted by atomic mass is 9.47. The number of carbonyl (C=O) groups is 2. The first-order valence-electron chi connectivity index (χ1n) is 8.01. The third-order valence-electron chi connectivity index (χ3n) is 6.81. The van der Waals surface area contributed by atoms with Gasteiger partial charge in [-0.05, 0) is 42.4 Å². The van der Waals surface area contributed by atoms with E-state index in [0.717, 1.165) is 23.1 Å². The first kappa shape index (κ1) is 12.8. The lowest BCUT2D eigenvalue weighted by Crippen LogP contribution is -2.71. The Morgan fingerprint density at radius 2 is 2.09 bits per heavy atom. The van der Waals surface area contributed by atoms with Gasteiger partial charge in [-0.3, -0.25) is 9.59 Å². The van der Waals surface area contributed by atoms with Crippen LogP contribution >= 0.6 is 0 Å². The van der Waals surface area contributed by atoms with Gasteiger partial charge in [0.05, 0.1) is 0 Å². The average Bonchev–Trinajstić information content (AvgIpc) is 2.78. The van der Waals surface area contributed by atoms with Crippen molar-refractivity contribution in [1.29, 1.82) is 0 Å². The van der Waals surface area contributed by atoms with Gasteiger partial charge in [-0.15, -0.1) is 0 Å². The molecule has 22 heavy (non-hydrogen) atoms. The Bertz CT molecular complexity index is 767. The molecule has 2 saturated heterocycles. The van der Waals surface area contributed by atoms with E-state index in [1.54, 1.807) is 0 Å². The van der Waals surface area contributed by atoms with Crippen molar-refractivity contribution in [3.63, 3.8) is 0 Å². The molecule has 0 aromatic heterocycles. The molecule has 4 unspecified atom stereocenters. The molecule has 1 spiro atoms. The number of benzene rings is 1. The Hall–Kier alpha value is -1.68. The summed E-state index contributed by atoms with van der Waals surface area (Å²) < 4.78 is 5.63. The quantitative estimate of drug-likeness (QED) is 0.743. The van der Waals surface area contributed by atoms with Crippen molar-refractivity contribution in [3.05, 3.63) is 34.4 Å². The van der Waals surface area contributed by atoms with Crippen LogP contribution in [-0.4, -0.2) is 23.0 Å². The topological polar surface area (TPSA) is 63.6 Å². The van der Waals surface area contributed by atoms with Gasteiger partial charge in [-0.1, -0.05) is 19.1 Å². The molecule has 114 valence electrons. The van der Waals surface area contributed by atoms with E-state index >= 15 is 0 Å². The van der Waals surface area contributed by atoms with Crippen LogP contribution in [0.4, 0.5) is 0 Å². The number of aryl methyl sites for hydroxylation is 1. The average molecular weight is 298 g/mol. The minimum absolute atomic E-state index is 0.0364. The van der Waals surface area contributed by atoms with Gasteiger partial charge in [0, 0.05) is 17.9 Å². The molecule has 5 atom stereocenters. The van der Waals surface area contributed by atoms with E-state index in [-0.39, 0.29) is 36.1 Å². The summed E-state index contributed by atoms with van der Waals surface area (Å²) in [7, 11) is 0. The van der Waals surface area contributed by atoms with Crippen LogP contribution in [0.2, 0.25) is 0 Å². The molecule has 0 amide bonds. The van der Waals surface area contributed by atoms with Gasteiger partial charge in [0.15, 0.2) is 5.78 Å². The number of ether oxygens (including phenoxy) is 1. The largest absolute Gasteiger partial charge is 0.461 e. The number of esters is 1. The Morgan fingerprint density at radius 3 is 2.82 bits per heavy atom. The van der Waals surface area contributed by atoms with Crippen LogP contribution in [0.15, 0.2) is 12.1 Å². The number of hydrogen-bond donors (Lipinski definition) is 1. The molecule has 3 aliphatic carbocycles. The number of hydrogen-bond acceptors (Lipinski definition) is 4. The maximum absolute atomic E-state index is 12.7. The van der Waals surface area contributed by atoms with E-state index in [1.165, 1.54) is 0 Å². The molecule has 1 saturated carbocycles. The number of Topliss-reactive ketones (excluding diaryl/α,β-unsaturated/α-hetero) is 1. The highest BCUT2D eigenvalue weighted by molar-refractivity contribution is 6.04. The van der Waals surface area contributed by atoms with Gasteiger partial charge in [0.25, 0.3) is 0 Å². The van der Waals surface area contributed by atoms with E-state index in [1.807, 2.05) is 26.0 Å². The van der Waals surface area contributed by atoms with E-state index in [4.69, 9.17) is 4.74 Å². The lowest BCUT2D eigenvalue weighted by molar-refractivity contribution is -0.270. The smallest absolute Gasteiger partial charge is 0.316 e. The fraction of sp³-hybridized carbons (Fsp3) is 0.556. The molecule has 2 aliphatic heterocycles. The van der Waals surface area contributed by atoms with E-state index < -0.39 is 11.0 Å². The minimum Gasteiger partial charge on any atom is -0.461 e. The Balaban J connectivity index is 1.93. The highest BCUT2D eigenvalue weighted by Gasteiger charge is 2.76. The Morgan fingerprint density at radius 1 is 1.32 bits per heavy atom. The van der Waals surface area contributed by atoms with Gasteiger partial charge < -0.3 is 9.84 Å². The summed E-state index contributed by atoms with van der Waals surface area (Å²) in [5.41, 5.74) is 1.18. The van der Waals surface area contributed by atoms with E-state index in [9.17, 15) is 14.7 Å². The zero-order chi connectivity index (χ0) is 15.4. The summed E-state index contributed by atoms with van der Waals surface area (Å²) >= 11 is 0. The van der Waals surface area contributed by atoms with Gasteiger partial charge >= 0.3 is 5.97 Å². The molecular formula is C18H18O4. The monoisotopic (exact) mass is 298 g/mol. The molecule has 5 aliphatic rings. The van der Waals surface area contributed by atoms with Crippen molar-refractivity contribution in [2.45, 2.75) is 44.8 Å². The molecule has 3 fully saturated rings. The van der Waals surface area contributed by atoms with Crippen LogP contribution in [0, 0.1) is 24.2 Å². The standard InChI is InChI=1S/C18H18O4/c1-8-3-4-10-13(19)7-17-9(2)5-14(22-16(17)20)12-6-11(8)15(10)18(12,17)21/h3-4,9,12,14,21H,5-7H2,1-2H3/t9?,12-,14?,17?,18?/m1/s1. The van der Waals surface area contributed by atoms with Gasteiger partial charge in [-0.2, -0.15) is 0 Å². The third-order valence-corrected chi connectivity index (χ3v) is 6.81. The minimum atomic E-state index is -1.23. The van der Waals surface area contributed by atoms with Gasteiger partial charge in [0.2, 0.25) is 0 Å². The Labute approximate surface area is 128 Å². The van der Waals surface area contributed by atoms with Crippen LogP contribution in [0.3, 0.4) is 0 Å². The van der Waals surface area contributed by atoms with Crippen molar-refractivity contribution in [2.75, 3.05) is 0 Å². The zero-order valence-electron chi connectivity index (χ0n) is 12.7. The molecule has 6 rings (SSSR count). The molecule has 2 heterocycles.